The third-order valence-electron chi connectivity index (χ3n) is 3.67. The summed E-state index contributed by atoms with van der Waals surface area (Å²) in [6.45, 7) is 2.04. The average Bonchev–Trinajstić information content (AvgIpc) is 3.04. The van der Waals surface area contributed by atoms with Gasteiger partial charge in [-0.25, -0.2) is 0 Å². The number of hydrogen-bond acceptors (Lipinski definition) is 5. The Hall–Kier alpha value is -1.67. The molecule has 1 saturated heterocycles. The van der Waals surface area contributed by atoms with E-state index in [4.69, 9.17) is 0 Å². The van der Waals surface area contributed by atoms with E-state index in [2.05, 4.69) is 10.2 Å². The van der Waals surface area contributed by atoms with Crippen molar-refractivity contribution in [1.82, 2.24) is 10.2 Å². The number of aliphatic hydroxyl groups excluding tert-OH is 1. The predicted molar refractivity (Wildman–Crippen MR) is 76.8 cm³/mol. The second kappa shape index (κ2) is 5.51. The first-order valence-corrected chi connectivity index (χ1v) is 7.59. The molecular weight excluding hydrogens is 315 g/mol. The molecule has 2 heterocycles. The van der Waals surface area contributed by atoms with Crippen LogP contribution in [0.2, 0.25) is 0 Å². The van der Waals surface area contributed by atoms with Crippen LogP contribution in [0.25, 0.3) is 0 Å². The Kier molecular flexibility index (Phi) is 3.82. The summed E-state index contributed by atoms with van der Waals surface area (Å²) < 4.78 is 39.7. The summed E-state index contributed by atoms with van der Waals surface area (Å²) >= 11 is 1.31. The van der Waals surface area contributed by atoms with Crippen molar-refractivity contribution >= 4 is 16.5 Å². The summed E-state index contributed by atoms with van der Waals surface area (Å²) in [4.78, 5) is 1.71. The Bertz CT molecular complexity index is 673. The molecular formula is C14H14F3N3OS. The fraction of sp³-hybridized carbons (Fsp3) is 0.429. The Morgan fingerprint density at radius 1 is 1.27 bits per heavy atom. The lowest BCUT2D eigenvalue weighted by molar-refractivity contribution is -0.138. The predicted octanol–water partition coefficient (Wildman–Crippen LogP) is 3.18. The lowest BCUT2D eigenvalue weighted by Gasteiger charge is -2.26. The molecule has 3 rings (SSSR count). The number of benzene rings is 1. The molecule has 118 valence electrons. The van der Waals surface area contributed by atoms with Crippen molar-refractivity contribution < 1.29 is 18.3 Å². The topological polar surface area (TPSA) is 49.2 Å². The van der Waals surface area contributed by atoms with Crippen molar-refractivity contribution in [2.75, 3.05) is 11.4 Å². The number of aliphatic hydroxyl groups is 1. The van der Waals surface area contributed by atoms with Crippen molar-refractivity contribution in [2.24, 2.45) is 0 Å². The zero-order chi connectivity index (χ0) is 15.9. The van der Waals surface area contributed by atoms with Crippen LogP contribution in [-0.2, 0) is 6.18 Å². The normalized spacial score (nSPS) is 22.3. The van der Waals surface area contributed by atoms with Gasteiger partial charge in [0, 0.05) is 6.54 Å². The van der Waals surface area contributed by atoms with Gasteiger partial charge in [-0.1, -0.05) is 29.5 Å². The number of aromatic nitrogens is 2. The molecule has 1 aliphatic rings. The van der Waals surface area contributed by atoms with Crippen LogP contribution < -0.4 is 4.90 Å². The maximum Gasteiger partial charge on any atom is 0.416 e. The molecule has 2 unspecified atom stereocenters. The van der Waals surface area contributed by atoms with Crippen LogP contribution in [0.4, 0.5) is 18.3 Å². The highest BCUT2D eigenvalue weighted by Gasteiger charge is 2.40. The molecule has 1 aromatic heterocycles. The van der Waals surface area contributed by atoms with Gasteiger partial charge in [-0.05, 0) is 25.0 Å². The van der Waals surface area contributed by atoms with Crippen molar-refractivity contribution in [3.05, 3.63) is 40.4 Å². The maximum absolute atomic E-state index is 13.2. The van der Waals surface area contributed by atoms with Crippen molar-refractivity contribution in [3.8, 4) is 0 Å². The molecule has 0 spiro atoms. The number of aryl methyl sites for hydroxylation is 1. The molecule has 1 N–H and O–H groups in total. The summed E-state index contributed by atoms with van der Waals surface area (Å²) in [6.07, 6.45) is -4.87. The van der Waals surface area contributed by atoms with Crippen LogP contribution in [0.1, 0.15) is 28.6 Å². The van der Waals surface area contributed by atoms with E-state index in [-0.39, 0.29) is 18.5 Å². The van der Waals surface area contributed by atoms with Crippen LogP contribution in [0.5, 0.6) is 0 Å². The van der Waals surface area contributed by atoms with E-state index in [1.165, 1.54) is 23.5 Å². The molecule has 2 atom stereocenters. The monoisotopic (exact) mass is 329 g/mol. The van der Waals surface area contributed by atoms with Crippen molar-refractivity contribution in [3.63, 3.8) is 0 Å². The van der Waals surface area contributed by atoms with Gasteiger partial charge in [0.2, 0.25) is 5.13 Å². The number of halogens is 3. The lowest BCUT2D eigenvalue weighted by Crippen LogP contribution is -2.25. The second-order valence-electron chi connectivity index (χ2n) is 5.25. The number of hydrogen-bond donors (Lipinski definition) is 1. The summed E-state index contributed by atoms with van der Waals surface area (Å²) in [7, 11) is 0. The van der Waals surface area contributed by atoms with Gasteiger partial charge in [0.1, 0.15) is 5.01 Å². The Balaban J connectivity index is 2.03. The van der Waals surface area contributed by atoms with Crippen LogP contribution >= 0.6 is 11.3 Å². The highest BCUT2D eigenvalue weighted by molar-refractivity contribution is 7.15. The lowest BCUT2D eigenvalue weighted by atomic mass is 9.98. The molecule has 1 aliphatic heterocycles. The van der Waals surface area contributed by atoms with E-state index < -0.39 is 23.9 Å². The van der Waals surface area contributed by atoms with Gasteiger partial charge in [-0.2, -0.15) is 13.2 Å². The quantitative estimate of drug-likeness (QED) is 0.919. The average molecular weight is 329 g/mol. The molecule has 22 heavy (non-hydrogen) atoms. The van der Waals surface area contributed by atoms with Crippen molar-refractivity contribution in [2.45, 2.75) is 31.7 Å². The van der Waals surface area contributed by atoms with E-state index >= 15 is 0 Å². The molecule has 4 nitrogen and oxygen atoms in total. The number of anilines is 1. The van der Waals surface area contributed by atoms with Gasteiger partial charge in [0.25, 0.3) is 0 Å². The van der Waals surface area contributed by atoms with E-state index in [0.29, 0.717) is 5.13 Å². The fourth-order valence-corrected chi connectivity index (χ4v) is 3.51. The number of alkyl halides is 3. The highest BCUT2D eigenvalue weighted by atomic mass is 32.1. The summed E-state index contributed by atoms with van der Waals surface area (Å²) in [6, 6.07) is 4.94. The van der Waals surface area contributed by atoms with Crippen LogP contribution in [0.3, 0.4) is 0 Å². The number of rotatable bonds is 2. The summed E-state index contributed by atoms with van der Waals surface area (Å²) in [5.41, 5.74) is -0.500. The largest absolute Gasteiger partial charge is 0.416 e. The van der Waals surface area contributed by atoms with Gasteiger partial charge in [-0.15, -0.1) is 10.2 Å². The zero-order valence-electron chi connectivity index (χ0n) is 11.7. The SMILES string of the molecule is Cc1nnc(N2CC(O)CC2c2ccccc2C(F)(F)F)s1. The first-order chi connectivity index (χ1) is 10.4. The maximum atomic E-state index is 13.2. The standard InChI is InChI=1S/C14H14F3N3OS/c1-8-18-19-13(22-8)20-7-9(21)6-12(20)10-4-2-3-5-11(10)14(15,16)17/h2-5,9,12,21H,6-7H2,1H3. The van der Waals surface area contributed by atoms with Gasteiger partial charge in [0.15, 0.2) is 0 Å². The van der Waals surface area contributed by atoms with Crippen LogP contribution in [0, 0.1) is 6.92 Å². The van der Waals surface area contributed by atoms with Crippen molar-refractivity contribution in [1.29, 1.82) is 0 Å². The molecule has 1 aromatic carbocycles. The second-order valence-corrected chi connectivity index (χ2v) is 6.41. The van der Waals surface area contributed by atoms with E-state index in [1.54, 1.807) is 17.9 Å². The van der Waals surface area contributed by atoms with Crippen LogP contribution in [0.15, 0.2) is 24.3 Å². The third kappa shape index (κ3) is 2.80. The zero-order valence-corrected chi connectivity index (χ0v) is 12.5. The first kappa shape index (κ1) is 15.2. The minimum Gasteiger partial charge on any atom is -0.391 e. The van der Waals surface area contributed by atoms with Gasteiger partial charge < -0.3 is 10.0 Å². The number of nitrogens with zero attached hydrogens (tertiary/aromatic N) is 3. The molecule has 0 saturated carbocycles. The van der Waals surface area contributed by atoms with E-state index in [1.807, 2.05) is 0 Å². The summed E-state index contributed by atoms with van der Waals surface area (Å²) in [5, 5.41) is 19.1. The third-order valence-corrected chi connectivity index (χ3v) is 4.54. The first-order valence-electron chi connectivity index (χ1n) is 6.77. The Morgan fingerprint density at radius 3 is 2.64 bits per heavy atom. The molecule has 1 fully saturated rings. The molecule has 0 amide bonds. The minimum absolute atomic E-state index is 0.166. The van der Waals surface area contributed by atoms with E-state index in [9.17, 15) is 18.3 Å². The van der Waals surface area contributed by atoms with E-state index in [0.717, 1.165) is 11.1 Å². The van der Waals surface area contributed by atoms with Gasteiger partial charge >= 0.3 is 6.18 Å². The fourth-order valence-electron chi connectivity index (χ4n) is 2.77. The Labute approximate surface area is 129 Å². The van der Waals surface area contributed by atoms with Gasteiger partial charge in [0.05, 0.1) is 17.7 Å². The summed E-state index contributed by atoms with van der Waals surface area (Å²) in [5.74, 6) is 0. The minimum atomic E-state index is -4.42. The van der Waals surface area contributed by atoms with Crippen LogP contribution in [-0.4, -0.2) is 28.0 Å². The molecule has 0 bridgehead atoms. The molecule has 8 heteroatoms. The molecule has 2 aromatic rings. The molecule has 0 radical (unpaired) electrons. The highest BCUT2D eigenvalue weighted by Crippen LogP contribution is 2.42. The smallest absolute Gasteiger partial charge is 0.391 e. The Morgan fingerprint density at radius 2 is 2.00 bits per heavy atom. The van der Waals surface area contributed by atoms with Gasteiger partial charge in [-0.3, -0.25) is 0 Å². The molecule has 0 aliphatic carbocycles. The number of β-amino-alcohol motifs (C(OH)–C–C–N with tert-alkyl or cyclic N) is 1.